The highest BCUT2D eigenvalue weighted by atomic mass is 35.5. The van der Waals surface area contributed by atoms with Gasteiger partial charge in [-0.15, -0.1) is 0 Å². The second kappa shape index (κ2) is 11.4. The van der Waals surface area contributed by atoms with E-state index < -0.39 is 12.8 Å². The van der Waals surface area contributed by atoms with Crippen molar-refractivity contribution in [2.45, 2.75) is 32.8 Å². The highest BCUT2D eigenvalue weighted by molar-refractivity contribution is 8.07. The first-order valence-corrected chi connectivity index (χ1v) is 14.7. The van der Waals surface area contributed by atoms with Crippen LogP contribution in [-0.2, 0) is 20.9 Å². The van der Waals surface area contributed by atoms with Crippen molar-refractivity contribution in [1.29, 1.82) is 0 Å². The third kappa shape index (κ3) is 6.29. The van der Waals surface area contributed by atoms with Crippen LogP contribution in [-0.4, -0.2) is 30.4 Å². The molecule has 0 saturated carbocycles. The van der Waals surface area contributed by atoms with E-state index in [1.807, 2.05) is 32.0 Å². The zero-order valence-electron chi connectivity index (χ0n) is 20.7. The van der Waals surface area contributed by atoms with Crippen molar-refractivity contribution in [2.24, 2.45) is 0 Å². The summed E-state index contributed by atoms with van der Waals surface area (Å²) in [6.07, 6.45) is 0.579. The van der Waals surface area contributed by atoms with E-state index in [0.717, 1.165) is 11.1 Å². The third-order valence-corrected chi connectivity index (χ3v) is 8.24. The van der Waals surface area contributed by atoms with Gasteiger partial charge in [-0.05, 0) is 92.1 Å². The van der Waals surface area contributed by atoms with Crippen molar-refractivity contribution in [1.82, 2.24) is 0 Å². The molecule has 3 aromatic carbocycles. The summed E-state index contributed by atoms with van der Waals surface area (Å²) in [7, 11) is 1.31. The summed E-state index contributed by atoms with van der Waals surface area (Å²) in [5.41, 5.74) is 4.63. The van der Waals surface area contributed by atoms with Gasteiger partial charge in [-0.2, -0.15) is 0 Å². The molecular formula is C27H28ClN2O5PS. The maximum atomic E-state index is 13.7. The maximum absolute atomic E-state index is 13.7. The summed E-state index contributed by atoms with van der Waals surface area (Å²) in [6.45, 7) is 0.734. The van der Waals surface area contributed by atoms with Crippen molar-refractivity contribution >= 4 is 53.3 Å². The average molecular weight is 559 g/mol. The van der Waals surface area contributed by atoms with E-state index >= 15 is 0 Å². The summed E-state index contributed by atoms with van der Waals surface area (Å²) in [6, 6.07) is 17.8. The van der Waals surface area contributed by atoms with E-state index in [1.54, 1.807) is 47.4 Å². The Kier molecular flexibility index (Phi) is 8.49. The molecule has 0 fully saturated rings. The predicted molar refractivity (Wildman–Crippen MR) is 150 cm³/mol. The molecule has 2 unspecified atom stereocenters. The monoisotopic (exact) mass is 558 g/mol. The van der Waals surface area contributed by atoms with Gasteiger partial charge in [0.2, 0.25) is 0 Å². The van der Waals surface area contributed by atoms with Gasteiger partial charge in [0.1, 0.15) is 0 Å². The van der Waals surface area contributed by atoms with Crippen LogP contribution in [0.1, 0.15) is 56.4 Å². The van der Waals surface area contributed by atoms with E-state index in [9.17, 15) is 14.5 Å². The number of anilines is 2. The average Bonchev–Trinajstić information content (AvgIpc) is 3.03. The van der Waals surface area contributed by atoms with Gasteiger partial charge in [-0.25, -0.2) is 0 Å². The molecule has 2 amide bonds. The number of nitrogens with one attached hydrogen (secondary N) is 1. The molecule has 0 radical (unpaired) electrons. The number of carbonyl (C=O) groups excluding carboxylic acids is 2. The quantitative estimate of drug-likeness (QED) is 0.333. The molecule has 1 heterocycles. The standard InChI is InChI=1S/C27H28ClN2O5PS/c1-17-7-4-5-8-21(17)26(31)29-20-11-12-22(18(2)15-20)27(32)30-14-6-9-25(35-36(33,37)34-3)23-16-19(28)10-13-24(23)30/h4-5,7-8,10-13,15-16,25H,6,9,14H2,1-3H3,(H,29,31)(H,33,37). The smallest absolute Gasteiger partial charge is 0.324 e. The molecule has 2 N–H and O–H groups in total. The second-order valence-electron chi connectivity index (χ2n) is 8.85. The lowest BCUT2D eigenvalue weighted by molar-refractivity contribution is 0.0984. The molecule has 4 rings (SSSR count). The van der Waals surface area contributed by atoms with Crippen LogP contribution in [0, 0.1) is 13.8 Å². The lowest BCUT2D eigenvalue weighted by Crippen LogP contribution is -2.32. The van der Waals surface area contributed by atoms with Crippen molar-refractivity contribution in [3.8, 4) is 0 Å². The number of hydrogen-bond donors (Lipinski definition) is 2. The maximum Gasteiger partial charge on any atom is 0.324 e. The van der Waals surface area contributed by atoms with Crippen molar-refractivity contribution in [3.05, 3.63) is 93.5 Å². The van der Waals surface area contributed by atoms with Gasteiger partial charge in [-0.1, -0.05) is 29.8 Å². The number of amides is 2. The number of rotatable bonds is 6. The number of nitrogens with zero attached hydrogens (tertiary/aromatic N) is 1. The van der Waals surface area contributed by atoms with Crippen LogP contribution in [0.3, 0.4) is 0 Å². The normalized spacial score (nSPS) is 16.9. The minimum Gasteiger partial charge on any atom is -0.324 e. The second-order valence-corrected chi connectivity index (χ2v) is 12.2. The lowest BCUT2D eigenvalue weighted by Gasteiger charge is -2.26. The number of fused-ring (bicyclic) bond motifs is 1. The first-order chi connectivity index (χ1) is 17.6. The molecule has 1 aliphatic rings. The number of hydrogen-bond acceptors (Lipinski definition) is 5. The first kappa shape index (κ1) is 27.5. The van der Waals surface area contributed by atoms with E-state index in [4.69, 9.17) is 32.5 Å². The Morgan fingerprint density at radius 2 is 1.84 bits per heavy atom. The number of aryl methyl sites for hydroxylation is 2. The Morgan fingerprint density at radius 3 is 2.54 bits per heavy atom. The fraction of sp³-hybridized carbons (Fsp3) is 0.259. The Hall–Kier alpha value is -2.58. The Morgan fingerprint density at radius 1 is 1.08 bits per heavy atom. The molecular weight excluding hydrogens is 531 g/mol. The van der Waals surface area contributed by atoms with Crippen molar-refractivity contribution in [3.63, 3.8) is 0 Å². The molecule has 10 heteroatoms. The summed E-state index contributed by atoms with van der Waals surface area (Å²) in [5.74, 6) is -0.393. The molecule has 194 valence electrons. The molecule has 0 spiro atoms. The Bertz CT molecular complexity index is 1400. The van der Waals surface area contributed by atoms with E-state index in [-0.39, 0.29) is 11.8 Å². The van der Waals surface area contributed by atoms with Gasteiger partial charge in [-0.3, -0.25) is 9.59 Å². The minimum absolute atomic E-state index is 0.186. The molecule has 7 nitrogen and oxygen atoms in total. The summed E-state index contributed by atoms with van der Waals surface area (Å²) >= 11 is 11.3. The topological polar surface area (TPSA) is 88.1 Å². The van der Waals surface area contributed by atoms with Crippen molar-refractivity contribution in [2.75, 3.05) is 23.9 Å². The number of carbonyl (C=O) groups is 2. The molecule has 0 saturated heterocycles. The third-order valence-electron chi connectivity index (χ3n) is 6.32. The highest BCUT2D eigenvalue weighted by Crippen LogP contribution is 2.51. The highest BCUT2D eigenvalue weighted by Gasteiger charge is 2.31. The molecule has 1 aliphatic heterocycles. The fourth-order valence-corrected chi connectivity index (χ4v) is 5.54. The number of halogens is 1. The van der Waals surface area contributed by atoms with Gasteiger partial charge in [0, 0.05) is 46.7 Å². The minimum atomic E-state index is -3.43. The summed E-state index contributed by atoms with van der Waals surface area (Å²) in [5, 5.41) is 3.39. The predicted octanol–water partition coefficient (Wildman–Crippen LogP) is 6.57. The van der Waals surface area contributed by atoms with Crippen LogP contribution in [0.5, 0.6) is 0 Å². The Labute approximate surface area is 226 Å². The van der Waals surface area contributed by atoms with Crippen LogP contribution < -0.4 is 10.2 Å². The molecule has 0 bridgehead atoms. The van der Waals surface area contributed by atoms with Crippen LogP contribution in [0.2, 0.25) is 5.02 Å². The van der Waals surface area contributed by atoms with Gasteiger partial charge in [0.05, 0.1) is 6.10 Å². The van der Waals surface area contributed by atoms with Crippen LogP contribution in [0.25, 0.3) is 0 Å². The molecule has 0 aliphatic carbocycles. The molecule has 2 atom stereocenters. The number of benzene rings is 3. The van der Waals surface area contributed by atoms with Gasteiger partial charge >= 0.3 is 6.72 Å². The van der Waals surface area contributed by atoms with Crippen molar-refractivity contribution < 1.29 is 23.5 Å². The van der Waals surface area contributed by atoms with E-state index in [2.05, 4.69) is 5.32 Å². The van der Waals surface area contributed by atoms with Gasteiger partial charge in [0.15, 0.2) is 0 Å². The summed E-state index contributed by atoms with van der Waals surface area (Å²) in [4.78, 5) is 38.4. The zero-order valence-corrected chi connectivity index (χ0v) is 23.2. The Balaban J connectivity index is 1.61. The van der Waals surface area contributed by atoms with E-state index in [1.165, 1.54) is 7.11 Å². The zero-order chi connectivity index (χ0) is 26.7. The van der Waals surface area contributed by atoms with E-state index in [0.29, 0.717) is 52.5 Å². The van der Waals surface area contributed by atoms with Crippen LogP contribution in [0.4, 0.5) is 11.4 Å². The molecule has 37 heavy (non-hydrogen) atoms. The SMILES string of the molecule is COP(O)(=S)OC1CCCN(C(=O)c2ccc(NC(=O)c3ccccc3C)cc2C)c2ccc(Cl)cc21. The first-order valence-electron chi connectivity index (χ1n) is 11.8. The molecule has 3 aromatic rings. The largest absolute Gasteiger partial charge is 0.324 e. The van der Waals surface area contributed by atoms with Gasteiger partial charge < -0.3 is 24.2 Å². The van der Waals surface area contributed by atoms with Gasteiger partial charge in [0.25, 0.3) is 11.8 Å². The molecule has 0 aromatic heterocycles. The fourth-order valence-electron chi connectivity index (χ4n) is 4.42. The van der Waals surface area contributed by atoms with Crippen LogP contribution >= 0.6 is 18.3 Å². The van der Waals surface area contributed by atoms with Crippen LogP contribution in [0.15, 0.2) is 60.7 Å². The lowest BCUT2D eigenvalue weighted by atomic mass is 10.0. The summed E-state index contributed by atoms with van der Waals surface area (Å²) < 4.78 is 10.7.